The SMILES string of the molecule is O=C(NCCc1ccccc1)C1CCCN(S(=O)(=O)N2CCC3(CC2)OCCO3)C1. The molecule has 1 aromatic rings. The van der Waals surface area contributed by atoms with Crippen LogP contribution in [0.25, 0.3) is 0 Å². The summed E-state index contributed by atoms with van der Waals surface area (Å²) < 4.78 is 40.7. The van der Waals surface area contributed by atoms with Crippen LogP contribution >= 0.6 is 0 Å². The monoisotopic (exact) mass is 437 g/mol. The van der Waals surface area contributed by atoms with Crippen molar-refractivity contribution in [3.05, 3.63) is 35.9 Å². The summed E-state index contributed by atoms with van der Waals surface area (Å²) in [6.07, 6.45) is 3.27. The van der Waals surface area contributed by atoms with Crippen LogP contribution in [0.2, 0.25) is 0 Å². The summed E-state index contributed by atoms with van der Waals surface area (Å²) in [5, 5.41) is 2.98. The number of hydrogen-bond acceptors (Lipinski definition) is 5. The van der Waals surface area contributed by atoms with Crippen LogP contribution in [0.4, 0.5) is 0 Å². The van der Waals surface area contributed by atoms with E-state index >= 15 is 0 Å². The maximum atomic E-state index is 13.1. The Hall–Kier alpha value is -1.52. The highest BCUT2D eigenvalue weighted by Gasteiger charge is 2.44. The molecule has 3 aliphatic heterocycles. The highest BCUT2D eigenvalue weighted by Crippen LogP contribution is 2.33. The summed E-state index contributed by atoms with van der Waals surface area (Å²) >= 11 is 0. The molecule has 0 aromatic heterocycles. The van der Waals surface area contributed by atoms with Gasteiger partial charge in [0, 0.05) is 45.6 Å². The normalized spacial score (nSPS) is 25.4. The number of nitrogens with one attached hydrogen (secondary N) is 1. The first-order valence-electron chi connectivity index (χ1n) is 10.8. The number of carbonyl (C=O) groups is 1. The molecule has 1 atom stereocenters. The van der Waals surface area contributed by atoms with Crippen molar-refractivity contribution in [3.63, 3.8) is 0 Å². The van der Waals surface area contributed by atoms with Crippen molar-refractivity contribution in [1.82, 2.24) is 13.9 Å². The van der Waals surface area contributed by atoms with E-state index in [0.29, 0.717) is 65.1 Å². The molecule has 0 bridgehead atoms. The van der Waals surface area contributed by atoms with Gasteiger partial charge in [-0.3, -0.25) is 4.79 Å². The second-order valence-corrected chi connectivity index (χ2v) is 10.2. The van der Waals surface area contributed by atoms with E-state index < -0.39 is 16.0 Å². The summed E-state index contributed by atoms with van der Waals surface area (Å²) in [6.45, 7) is 3.17. The van der Waals surface area contributed by atoms with Gasteiger partial charge in [-0.2, -0.15) is 17.0 Å². The zero-order valence-corrected chi connectivity index (χ0v) is 18.1. The zero-order chi connectivity index (χ0) is 21.0. The van der Waals surface area contributed by atoms with E-state index in [9.17, 15) is 13.2 Å². The lowest BCUT2D eigenvalue weighted by Crippen LogP contribution is -2.54. The number of nitrogens with zero attached hydrogens (tertiary/aromatic N) is 2. The second kappa shape index (κ2) is 9.32. The van der Waals surface area contributed by atoms with Gasteiger partial charge in [0.25, 0.3) is 10.2 Å². The van der Waals surface area contributed by atoms with Gasteiger partial charge in [-0.1, -0.05) is 30.3 Å². The molecule has 1 unspecified atom stereocenters. The minimum atomic E-state index is -3.59. The molecule has 3 aliphatic rings. The molecule has 0 saturated carbocycles. The molecule has 3 saturated heterocycles. The Labute approximate surface area is 178 Å². The number of amides is 1. The zero-order valence-electron chi connectivity index (χ0n) is 17.3. The van der Waals surface area contributed by atoms with Crippen LogP contribution in [0, 0.1) is 5.92 Å². The summed E-state index contributed by atoms with van der Waals surface area (Å²) in [5.74, 6) is -0.965. The molecule has 8 nitrogen and oxygen atoms in total. The summed E-state index contributed by atoms with van der Waals surface area (Å²) in [6, 6.07) is 9.99. The van der Waals surface area contributed by atoms with Gasteiger partial charge in [0.15, 0.2) is 5.79 Å². The molecule has 1 aromatic carbocycles. The Morgan fingerprint density at radius 2 is 1.77 bits per heavy atom. The van der Waals surface area contributed by atoms with Crippen LogP contribution in [0.3, 0.4) is 0 Å². The summed E-state index contributed by atoms with van der Waals surface area (Å²) in [7, 11) is -3.59. The van der Waals surface area contributed by atoms with E-state index in [1.807, 2.05) is 30.3 Å². The van der Waals surface area contributed by atoms with E-state index in [-0.39, 0.29) is 18.4 Å². The number of carbonyl (C=O) groups excluding carboxylic acids is 1. The Morgan fingerprint density at radius 3 is 2.47 bits per heavy atom. The van der Waals surface area contributed by atoms with E-state index in [0.717, 1.165) is 6.42 Å². The highest BCUT2D eigenvalue weighted by atomic mass is 32.2. The van der Waals surface area contributed by atoms with Crippen molar-refractivity contribution in [2.24, 2.45) is 5.92 Å². The summed E-state index contributed by atoms with van der Waals surface area (Å²) in [5.41, 5.74) is 1.17. The average Bonchev–Trinajstić information content (AvgIpc) is 3.22. The Balaban J connectivity index is 1.28. The van der Waals surface area contributed by atoms with Crippen molar-refractivity contribution >= 4 is 16.1 Å². The number of piperidine rings is 2. The molecule has 1 amide bonds. The van der Waals surface area contributed by atoms with Gasteiger partial charge in [-0.15, -0.1) is 0 Å². The lowest BCUT2D eigenvalue weighted by Gasteiger charge is -2.40. The van der Waals surface area contributed by atoms with Crippen molar-refractivity contribution in [3.8, 4) is 0 Å². The largest absolute Gasteiger partial charge is 0.355 e. The van der Waals surface area contributed by atoms with Crippen LogP contribution in [-0.4, -0.2) is 74.7 Å². The van der Waals surface area contributed by atoms with Crippen molar-refractivity contribution in [2.45, 2.75) is 37.9 Å². The third-order valence-corrected chi connectivity index (χ3v) is 8.26. The number of benzene rings is 1. The Morgan fingerprint density at radius 1 is 1.07 bits per heavy atom. The minimum Gasteiger partial charge on any atom is -0.355 e. The fourth-order valence-electron chi connectivity index (χ4n) is 4.49. The standard InChI is InChI=1S/C21H31N3O5S/c25-20(22-11-8-18-5-2-1-3-6-18)19-7-4-12-24(17-19)30(26,27)23-13-9-21(10-14-23)28-15-16-29-21/h1-3,5-6,19H,4,7-17H2,(H,22,25). The van der Waals surface area contributed by atoms with Crippen molar-refractivity contribution in [1.29, 1.82) is 0 Å². The van der Waals surface area contributed by atoms with Crippen LogP contribution < -0.4 is 5.32 Å². The van der Waals surface area contributed by atoms with E-state index in [2.05, 4.69) is 5.32 Å². The molecule has 9 heteroatoms. The molecular weight excluding hydrogens is 406 g/mol. The van der Waals surface area contributed by atoms with Crippen LogP contribution in [0.1, 0.15) is 31.2 Å². The molecule has 0 radical (unpaired) electrons. The molecule has 0 aliphatic carbocycles. The third-order valence-electron chi connectivity index (χ3n) is 6.26. The van der Waals surface area contributed by atoms with E-state index in [4.69, 9.17) is 9.47 Å². The first kappa shape index (κ1) is 21.7. The third kappa shape index (κ3) is 4.86. The molecule has 3 fully saturated rings. The van der Waals surface area contributed by atoms with Crippen LogP contribution in [-0.2, 0) is 30.9 Å². The Bertz CT molecular complexity index is 816. The number of hydrogen-bond donors (Lipinski definition) is 1. The van der Waals surface area contributed by atoms with E-state index in [1.165, 1.54) is 14.2 Å². The first-order valence-corrected chi connectivity index (χ1v) is 12.2. The topological polar surface area (TPSA) is 88.2 Å². The van der Waals surface area contributed by atoms with Gasteiger partial charge in [0.2, 0.25) is 5.91 Å². The molecule has 166 valence electrons. The molecule has 1 spiro atoms. The van der Waals surface area contributed by atoms with Crippen molar-refractivity contribution in [2.75, 3.05) is 45.9 Å². The van der Waals surface area contributed by atoms with Gasteiger partial charge < -0.3 is 14.8 Å². The molecule has 1 N–H and O–H groups in total. The first-order chi connectivity index (χ1) is 14.5. The lowest BCUT2D eigenvalue weighted by atomic mass is 9.99. The maximum absolute atomic E-state index is 13.1. The molecule has 4 rings (SSSR count). The highest BCUT2D eigenvalue weighted by molar-refractivity contribution is 7.86. The average molecular weight is 438 g/mol. The van der Waals surface area contributed by atoms with Gasteiger partial charge in [0.05, 0.1) is 19.1 Å². The van der Waals surface area contributed by atoms with E-state index in [1.54, 1.807) is 0 Å². The maximum Gasteiger partial charge on any atom is 0.282 e. The smallest absolute Gasteiger partial charge is 0.282 e. The number of ether oxygens (including phenoxy) is 2. The van der Waals surface area contributed by atoms with Gasteiger partial charge >= 0.3 is 0 Å². The Kier molecular flexibility index (Phi) is 6.74. The predicted molar refractivity (Wildman–Crippen MR) is 112 cm³/mol. The van der Waals surface area contributed by atoms with Gasteiger partial charge in [0.1, 0.15) is 0 Å². The fourth-order valence-corrected chi connectivity index (χ4v) is 6.19. The molecule has 3 heterocycles. The predicted octanol–water partition coefficient (Wildman–Crippen LogP) is 1.14. The molecule has 30 heavy (non-hydrogen) atoms. The fraction of sp³-hybridized carbons (Fsp3) is 0.667. The molecular formula is C21H31N3O5S. The minimum absolute atomic E-state index is 0.0591. The van der Waals surface area contributed by atoms with Gasteiger partial charge in [-0.05, 0) is 24.8 Å². The quantitative estimate of drug-likeness (QED) is 0.721. The van der Waals surface area contributed by atoms with Crippen LogP contribution in [0.5, 0.6) is 0 Å². The van der Waals surface area contributed by atoms with Gasteiger partial charge in [-0.25, -0.2) is 0 Å². The summed E-state index contributed by atoms with van der Waals surface area (Å²) in [4.78, 5) is 12.6. The van der Waals surface area contributed by atoms with Crippen LogP contribution in [0.15, 0.2) is 30.3 Å². The number of rotatable bonds is 6. The van der Waals surface area contributed by atoms with Crippen molar-refractivity contribution < 1.29 is 22.7 Å². The lowest BCUT2D eigenvalue weighted by molar-refractivity contribution is -0.179. The second-order valence-electron chi connectivity index (χ2n) is 8.24.